The van der Waals surface area contributed by atoms with Gasteiger partial charge in [0, 0.05) is 6.42 Å². The minimum Gasteiger partial charge on any atom is -0.481 e. The number of hydrogen-bond donors (Lipinski definition) is 1. The largest absolute Gasteiger partial charge is 0.481 e. The van der Waals surface area contributed by atoms with E-state index in [0.29, 0.717) is 0 Å². The van der Waals surface area contributed by atoms with Crippen molar-refractivity contribution < 1.29 is 9.90 Å². The molecule has 2 nitrogen and oxygen atoms in total. The van der Waals surface area contributed by atoms with Gasteiger partial charge in [-0.2, -0.15) is 0 Å². The lowest BCUT2D eigenvalue weighted by Gasteiger charge is -2.18. The van der Waals surface area contributed by atoms with Crippen LogP contribution in [0.15, 0.2) is 0 Å². The number of aliphatic carboxylic acids is 1. The van der Waals surface area contributed by atoms with Crippen LogP contribution in [0.3, 0.4) is 0 Å². The Morgan fingerprint density at radius 2 is 1.92 bits per heavy atom. The van der Waals surface area contributed by atoms with E-state index in [9.17, 15) is 4.79 Å². The SMILES string of the molecule is O=C(O)CC#CCC1CCCCC1. The van der Waals surface area contributed by atoms with Gasteiger partial charge in [0.1, 0.15) is 6.42 Å². The molecule has 2 heteroatoms. The lowest BCUT2D eigenvalue weighted by atomic mass is 9.87. The van der Waals surface area contributed by atoms with E-state index in [2.05, 4.69) is 11.8 Å². The second-order valence-electron chi connectivity index (χ2n) is 3.63. The molecule has 0 spiro atoms. The summed E-state index contributed by atoms with van der Waals surface area (Å²) in [6, 6.07) is 0. The van der Waals surface area contributed by atoms with Crippen LogP contribution in [0.4, 0.5) is 0 Å². The van der Waals surface area contributed by atoms with Crippen LogP contribution in [0.5, 0.6) is 0 Å². The van der Waals surface area contributed by atoms with Gasteiger partial charge in [0.25, 0.3) is 0 Å². The molecule has 0 bridgehead atoms. The van der Waals surface area contributed by atoms with Crippen LogP contribution < -0.4 is 0 Å². The topological polar surface area (TPSA) is 37.3 Å². The van der Waals surface area contributed by atoms with Crippen LogP contribution in [0.2, 0.25) is 0 Å². The molecule has 1 aliphatic carbocycles. The Balaban J connectivity index is 2.15. The second kappa shape index (κ2) is 5.64. The van der Waals surface area contributed by atoms with E-state index in [1.165, 1.54) is 32.1 Å². The van der Waals surface area contributed by atoms with Crippen molar-refractivity contribution in [3.05, 3.63) is 0 Å². The molecule has 0 aliphatic heterocycles. The summed E-state index contributed by atoms with van der Waals surface area (Å²) >= 11 is 0. The first-order valence-corrected chi connectivity index (χ1v) is 4.96. The van der Waals surface area contributed by atoms with Crippen LogP contribution in [0, 0.1) is 17.8 Å². The third kappa shape index (κ3) is 4.57. The van der Waals surface area contributed by atoms with Crippen LogP contribution in [-0.2, 0) is 4.79 Å². The maximum atomic E-state index is 10.1. The van der Waals surface area contributed by atoms with Crippen molar-refractivity contribution in [3.63, 3.8) is 0 Å². The highest BCUT2D eigenvalue weighted by molar-refractivity contribution is 5.69. The lowest BCUT2D eigenvalue weighted by Crippen LogP contribution is -2.04. The Morgan fingerprint density at radius 3 is 2.54 bits per heavy atom. The summed E-state index contributed by atoms with van der Waals surface area (Å²) in [5.74, 6) is 5.55. The predicted octanol–water partition coefficient (Wildman–Crippen LogP) is 2.43. The highest BCUT2D eigenvalue weighted by atomic mass is 16.4. The van der Waals surface area contributed by atoms with Crippen molar-refractivity contribution >= 4 is 5.97 Å². The van der Waals surface area contributed by atoms with E-state index >= 15 is 0 Å². The molecule has 0 aromatic rings. The van der Waals surface area contributed by atoms with E-state index in [1.807, 2.05) is 0 Å². The molecule has 0 heterocycles. The van der Waals surface area contributed by atoms with Crippen LogP contribution in [0.1, 0.15) is 44.9 Å². The Kier molecular flexibility index (Phi) is 4.39. The van der Waals surface area contributed by atoms with Crippen molar-refractivity contribution in [1.29, 1.82) is 0 Å². The monoisotopic (exact) mass is 180 g/mol. The van der Waals surface area contributed by atoms with Gasteiger partial charge in [-0.05, 0) is 18.8 Å². The van der Waals surface area contributed by atoms with Crippen LogP contribution in [-0.4, -0.2) is 11.1 Å². The van der Waals surface area contributed by atoms with E-state index in [0.717, 1.165) is 12.3 Å². The number of rotatable bonds is 2. The molecule has 72 valence electrons. The molecule has 0 amide bonds. The minimum absolute atomic E-state index is 0.00722. The van der Waals surface area contributed by atoms with E-state index in [4.69, 9.17) is 5.11 Å². The molecule has 13 heavy (non-hydrogen) atoms. The van der Waals surface area contributed by atoms with Crippen molar-refractivity contribution in [2.45, 2.75) is 44.9 Å². The maximum absolute atomic E-state index is 10.1. The summed E-state index contributed by atoms with van der Waals surface area (Å²) in [6.45, 7) is 0. The fraction of sp³-hybridized carbons (Fsp3) is 0.727. The third-order valence-corrected chi connectivity index (χ3v) is 2.48. The fourth-order valence-corrected chi connectivity index (χ4v) is 1.75. The molecule has 0 radical (unpaired) electrons. The normalized spacial score (nSPS) is 17.5. The van der Waals surface area contributed by atoms with E-state index < -0.39 is 5.97 Å². The van der Waals surface area contributed by atoms with Crippen LogP contribution >= 0.6 is 0 Å². The molecule has 1 aliphatic rings. The molecule has 1 fully saturated rings. The molecule has 0 aromatic heterocycles. The summed E-state index contributed by atoms with van der Waals surface area (Å²) in [5, 5.41) is 8.35. The molecular weight excluding hydrogens is 164 g/mol. The summed E-state index contributed by atoms with van der Waals surface area (Å²) < 4.78 is 0. The first-order valence-electron chi connectivity index (χ1n) is 4.96. The van der Waals surface area contributed by atoms with Gasteiger partial charge in [-0.1, -0.05) is 25.2 Å². The lowest BCUT2D eigenvalue weighted by molar-refractivity contribution is -0.135. The number of carboxylic acid groups (broad SMARTS) is 1. The van der Waals surface area contributed by atoms with Gasteiger partial charge in [-0.3, -0.25) is 4.79 Å². The van der Waals surface area contributed by atoms with Gasteiger partial charge < -0.3 is 5.11 Å². The fourth-order valence-electron chi connectivity index (χ4n) is 1.75. The predicted molar refractivity (Wildman–Crippen MR) is 51.2 cm³/mol. The zero-order valence-electron chi connectivity index (χ0n) is 7.88. The Labute approximate surface area is 79.3 Å². The number of carboxylic acids is 1. The molecule has 0 unspecified atom stereocenters. The van der Waals surface area contributed by atoms with E-state index in [1.54, 1.807) is 0 Å². The molecule has 1 rings (SSSR count). The summed E-state index contributed by atoms with van der Waals surface area (Å²) in [4.78, 5) is 10.1. The number of hydrogen-bond acceptors (Lipinski definition) is 1. The minimum atomic E-state index is -0.823. The Bertz CT molecular complexity index is 216. The van der Waals surface area contributed by atoms with Crippen LogP contribution in [0.25, 0.3) is 0 Å². The molecule has 0 atom stereocenters. The molecule has 0 aromatic carbocycles. The Hall–Kier alpha value is -0.970. The quantitative estimate of drug-likeness (QED) is 0.663. The van der Waals surface area contributed by atoms with Crippen molar-refractivity contribution in [2.75, 3.05) is 0 Å². The highest BCUT2D eigenvalue weighted by Gasteiger charge is 2.11. The van der Waals surface area contributed by atoms with Crippen molar-refractivity contribution in [2.24, 2.45) is 5.92 Å². The van der Waals surface area contributed by atoms with Gasteiger partial charge in [-0.25, -0.2) is 0 Å². The van der Waals surface area contributed by atoms with Crippen molar-refractivity contribution in [1.82, 2.24) is 0 Å². The maximum Gasteiger partial charge on any atom is 0.315 e. The van der Waals surface area contributed by atoms with Gasteiger partial charge in [-0.15, -0.1) is 5.92 Å². The van der Waals surface area contributed by atoms with Gasteiger partial charge in [0.05, 0.1) is 0 Å². The van der Waals surface area contributed by atoms with E-state index in [-0.39, 0.29) is 6.42 Å². The molecule has 1 N–H and O–H groups in total. The van der Waals surface area contributed by atoms with Gasteiger partial charge >= 0.3 is 5.97 Å². The van der Waals surface area contributed by atoms with Gasteiger partial charge in [0.2, 0.25) is 0 Å². The highest BCUT2D eigenvalue weighted by Crippen LogP contribution is 2.25. The Morgan fingerprint density at radius 1 is 1.23 bits per heavy atom. The zero-order valence-corrected chi connectivity index (χ0v) is 7.88. The smallest absolute Gasteiger partial charge is 0.315 e. The molecule has 0 saturated heterocycles. The molecule has 1 saturated carbocycles. The average molecular weight is 180 g/mol. The average Bonchev–Trinajstić information content (AvgIpc) is 2.14. The zero-order chi connectivity index (χ0) is 9.52. The summed E-state index contributed by atoms with van der Waals surface area (Å²) in [6.07, 6.45) is 7.46. The van der Waals surface area contributed by atoms with Gasteiger partial charge in [0.15, 0.2) is 0 Å². The second-order valence-corrected chi connectivity index (χ2v) is 3.63. The number of carbonyl (C=O) groups is 1. The first kappa shape index (κ1) is 10.1. The standard InChI is InChI=1S/C11H16O2/c12-11(13)9-5-4-8-10-6-2-1-3-7-10/h10H,1-3,6-9H2,(H,12,13). The summed E-state index contributed by atoms with van der Waals surface area (Å²) in [5.41, 5.74) is 0. The first-order chi connectivity index (χ1) is 6.29. The summed E-state index contributed by atoms with van der Waals surface area (Å²) in [7, 11) is 0. The molecular formula is C11H16O2. The third-order valence-electron chi connectivity index (χ3n) is 2.48. The van der Waals surface area contributed by atoms with Crippen molar-refractivity contribution in [3.8, 4) is 11.8 Å².